The number of anilines is 1. The fraction of sp³-hybridized carbons (Fsp3) is 0.0769. The minimum Gasteiger partial charge on any atom is -0.456 e. The van der Waals surface area contributed by atoms with E-state index in [-0.39, 0.29) is 5.11 Å². The van der Waals surface area contributed by atoms with E-state index in [0.717, 1.165) is 17.0 Å². The van der Waals surface area contributed by atoms with Gasteiger partial charge >= 0.3 is 0 Å². The van der Waals surface area contributed by atoms with Crippen LogP contribution in [0.5, 0.6) is 11.5 Å². The summed E-state index contributed by atoms with van der Waals surface area (Å²) in [7, 11) is 0. The molecule has 0 unspecified atom stereocenters. The molecule has 0 amide bonds. The Kier molecular flexibility index (Phi) is 3.74. The molecule has 0 aliphatic rings. The first-order valence-electron chi connectivity index (χ1n) is 5.40. The molecular weight excluding hydrogens is 246 g/mol. The molecule has 0 spiro atoms. The van der Waals surface area contributed by atoms with E-state index in [0.29, 0.717) is 5.75 Å². The lowest BCUT2D eigenvalue weighted by Crippen LogP contribution is -2.19. The topological polar surface area (TPSA) is 60.2 Å². The molecule has 0 radical (unpaired) electrons. The summed E-state index contributed by atoms with van der Waals surface area (Å²) in [6.45, 7) is 1.96. The van der Waals surface area contributed by atoms with Crippen molar-refractivity contribution < 1.29 is 4.74 Å². The summed E-state index contributed by atoms with van der Waals surface area (Å²) in [5.41, 5.74) is 7.32. The molecule has 3 N–H and O–H groups in total. The predicted molar refractivity (Wildman–Crippen MR) is 75.9 cm³/mol. The molecule has 1 aromatic carbocycles. The van der Waals surface area contributed by atoms with Crippen LogP contribution in [-0.2, 0) is 0 Å². The molecular formula is C13H13N3OS. The zero-order chi connectivity index (χ0) is 13.0. The van der Waals surface area contributed by atoms with Crippen molar-refractivity contribution in [2.24, 2.45) is 5.73 Å². The van der Waals surface area contributed by atoms with Gasteiger partial charge in [-0.15, -0.1) is 0 Å². The average molecular weight is 259 g/mol. The zero-order valence-electron chi connectivity index (χ0n) is 9.88. The van der Waals surface area contributed by atoms with Crippen LogP contribution in [0.4, 0.5) is 5.69 Å². The number of nitrogens with zero attached hydrogens (tertiary/aromatic N) is 1. The van der Waals surface area contributed by atoms with Crippen molar-refractivity contribution in [1.82, 2.24) is 4.98 Å². The maximum Gasteiger partial charge on any atom is 0.168 e. The molecule has 5 heteroatoms. The van der Waals surface area contributed by atoms with E-state index in [2.05, 4.69) is 10.3 Å². The van der Waals surface area contributed by atoms with Crippen molar-refractivity contribution in [2.45, 2.75) is 6.92 Å². The Morgan fingerprint density at radius 2 is 2.17 bits per heavy atom. The smallest absolute Gasteiger partial charge is 0.168 e. The van der Waals surface area contributed by atoms with Gasteiger partial charge in [-0.3, -0.25) is 4.98 Å². The van der Waals surface area contributed by atoms with Crippen LogP contribution in [0, 0.1) is 6.92 Å². The molecule has 1 aromatic heterocycles. The third-order valence-corrected chi connectivity index (χ3v) is 2.43. The zero-order valence-corrected chi connectivity index (χ0v) is 10.7. The number of nitrogens with one attached hydrogen (secondary N) is 1. The first kappa shape index (κ1) is 12.3. The van der Waals surface area contributed by atoms with E-state index in [9.17, 15) is 0 Å². The van der Waals surface area contributed by atoms with Gasteiger partial charge in [0.15, 0.2) is 5.11 Å². The van der Waals surface area contributed by atoms with Crippen LogP contribution >= 0.6 is 12.2 Å². The maximum atomic E-state index is 5.66. The second-order valence-corrected chi connectivity index (χ2v) is 4.20. The summed E-state index contributed by atoms with van der Waals surface area (Å²) >= 11 is 4.80. The van der Waals surface area contributed by atoms with Crippen LogP contribution in [0.1, 0.15) is 5.56 Å². The number of hydrogen-bond acceptors (Lipinski definition) is 3. The Balaban J connectivity index is 2.16. The Morgan fingerprint density at radius 1 is 1.33 bits per heavy atom. The fourth-order valence-electron chi connectivity index (χ4n) is 1.52. The third kappa shape index (κ3) is 3.18. The molecule has 1 heterocycles. The minimum absolute atomic E-state index is 0.249. The number of rotatable bonds is 3. The molecule has 0 fully saturated rings. The molecule has 2 rings (SSSR count). The molecule has 0 atom stereocenters. The summed E-state index contributed by atoms with van der Waals surface area (Å²) in [6, 6.07) is 9.31. The minimum atomic E-state index is 0.249. The van der Waals surface area contributed by atoms with E-state index < -0.39 is 0 Å². The largest absolute Gasteiger partial charge is 0.456 e. The average Bonchev–Trinajstić information content (AvgIpc) is 2.33. The maximum absolute atomic E-state index is 5.66. The van der Waals surface area contributed by atoms with Crippen LogP contribution in [0.25, 0.3) is 0 Å². The van der Waals surface area contributed by atoms with Crippen LogP contribution < -0.4 is 15.8 Å². The third-order valence-electron chi connectivity index (χ3n) is 2.33. The standard InChI is InChI=1S/C13H13N3OS/c1-9-7-10(4-5-12(9)16-13(14)18)17-11-3-2-6-15-8-11/h2-8H,1H3,(H3,14,16,18). The lowest BCUT2D eigenvalue weighted by molar-refractivity contribution is 0.480. The molecule has 4 nitrogen and oxygen atoms in total. The summed E-state index contributed by atoms with van der Waals surface area (Å²) in [5.74, 6) is 1.45. The molecule has 0 saturated carbocycles. The van der Waals surface area contributed by atoms with E-state index >= 15 is 0 Å². The van der Waals surface area contributed by atoms with Crippen molar-refractivity contribution in [1.29, 1.82) is 0 Å². The summed E-state index contributed by atoms with van der Waals surface area (Å²) in [5, 5.41) is 3.15. The van der Waals surface area contributed by atoms with Gasteiger partial charge in [0.05, 0.1) is 6.20 Å². The second-order valence-electron chi connectivity index (χ2n) is 3.76. The first-order valence-corrected chi connectivity index (χ1v) is 5.81. The highest BCUT2D eigenvalue weighted by atomic mass is 32.1. The van der Waals surface area contributed by atoms with Gasteiger partial charge < -0.3 is 15.8 Å². The molecule has 0 bridgehead atoms. The normalized spacial score (nSPS) is 9.83. The number of aryl methyl sites for hydroxylation is 1. The number of hydrogen-bond donors (Lipinski definition) is 2. The van der Waals surface area contributed by atoms with Gasteiger partial charge in [-0.2, -0.15) is 0 Å². The first-order chi connectivity index (χ1) is 8.65. The Hall–Kier alpha value is -2.14. The van der Waals surface area contributed by atoms with E-state index in [1.165, 1.54) is 0 Å². The lowest BCUT2D eigenvalue weighted by Gasteiger charge is -2.10. The van der Waals surface area contributed by atoms with Gasteiger partial charge in [-0.1, -0.05) is 0 Å². The Bertz CT molecular complexity index is 557. The Labute approximate surface area is 111 Å². The van der Waals surface area contributed by atoms with Gasteiger partial charge in [0, 0.05) is 11.9 Å². The van der Waals surface area contributed by atoms with Crippen LogP contribution in [0.2, 0.25) is 0 Å². The fourth-order valence-corrected chi connectivity index (χ4v) is 1.63. The van der Waals surface area contributed by atoms with Gasteiger partial charge in [0.25, 0.3) is 0 Å². The molecule has 92 valence electrons. The number of ether oxygens (including phenoxy) is 1. The van der Waals surface area contributed by atoms with Crippen molar-refractivity contribution in [3.05, 3.63) is 48.3 Å². The van der Waals surface area contributed by atoms with Crippen molar-refractivity contribution in [2.75, 3.05) is 5.32 Å². The van der Waals surface area contributed by atoms with Crippen molar-refractivity contribution >= 4 is 23.0 Å². The number of pyridine rings is 1. The summed E-state index contributed by atoms with van der Waals surface area (Å²) in [6.07, 6.45) is 3.36. The van der Waals surface area contributed by atoms with Crippen LogP contribution in [0.15, 0.2) is 42.7 Å². The predicted octanol–water partition coefficient (Wildman–Crippen LogP) is 2.84. The van der Waals surface area contributed by atoms with Gasteiger partial charge in [-0.05, 0) is 55.0 Å². The number of thiocarbonyl (C=S) groups is 1. The second kappa shape index (κ2) is 5.46. The summed E-state index contributed by atoms with van der Waals surface area (Å²) < 4.78 is 5.66. The van der Waals surface area contributed by atoms with Crippen molar-refractivity contribution in [3.8, 4) is 11.5 Å². The molecule has 0 aliphatic carbocycles. The molecule has 0 aliphatic heterocycles. The van der Waals surface area contributed by atoms with Gasteiger partial charge in [0.1, 0.15) is 11.5 Å². The number of aromatic nitrogens is 1. The lowest BCUT2D eigenvalue weighted by atomic mass is 10.2. The SMILES string of the molecule is Cc1cc(Oc2cccnc2)ccc1NC(N)=S. The van der Waals surface area contributed by atoms with Crippen LogP contribution in [0.3, 0.4) is 0 Å². The quantitative estimate of drug-likeness (QED) is 0.830. The highest BCUT2D eigenvalue weighted by Gasteiger charge is 2.02. The van der Waals surface area contributed by atoms with Crippen molar-refractivity contribution in [3.63, 3.8) is 0 Å². The highest BCUT2D eigenvalue weighted by Crippen LogP contribution is 2.25. The number of benzene rings is 1. The Morgan fingerprint density at radius 3 is 2.78 bits per heavy atom. The van der Waals surface area contributed by atoms with E-state index in [4.69, 9.17) is 22.7 Å². The van der Waals surface area contributed by atoms with Crippen LogP contribution in [-0.4, -0.2) is 10.1 Å². The molecule has 2 aromatic rings. The van der Waals surface area contributed by atoms with E-state index in [1.54, 1.807) is 12.4 Å². The molecule has 18 heavy (non-hydrogen) atoms. The van der Waals surface area contributed by atoms with Gasteiger partial charge in [0.2, 0.25) is 0 Å². The molecule has 0 saturated heterocycles. The highest BCUT2D eigenvalue weighted by molar-refractivity contribution is 7.80. The monoisotopic (exact) mass is 259 g/mol. The summed E-state index contributed by atoms with van der Waals surface area (Å²) in [4.78, 5) is 3.99. The van der Waals surface area contributed by atoms with Gasteiger partial charge in [-0.25, -0.2) is 0 Å². The van der Waals surface area contributed by atoms with E-state index in [1.807, 2.05) is 37.3 Å². The number of nitrogens with two attached hydrogens (primary N) is 1.